The van der Waals surface area contributed by atoms with Crippen molar-refractivity contribution in [1.82, 2.24) is 19.7 Å². The van der Waals surface area contributed by atoms with Gasteiger partial charge in [0.1, 0.15) is 5.25 Å². The third-order valence-electron chi connectivity index (χ3n) is 4.65. The van der Waals surface area contributed by atoms with Crippen molar-refractivity contribution in [2.45, 2.75) is 23.8 Å². The molecule has 0 N–H and O–H groups in total. The second kappa shape index (κ2) is 9.52. The summed E-state index contributed by atoms with van der Waals surface area (Å²) < 4.78 is 1.88. The van der Waals surface area contributed by atoms with E-state index in [9.17, 15) is 5.26 Å². The molecule has 1 atom stereocenters. The number of thioether (sulfide) groups is 1. The maximum absolute atomic E-state index is 9.79. The molecular formula is C23H17Cl2N5S. The summed E-state index contributed by atoms with van der Waals surface area (Å²) in [5.41, 5.74) is 3.84. The number of rotatable bonds is 6. The minimum absolute atomic E-state index is 0.338. The summed E-state index contributed by atoms with van der Waals surface area (Å²) in [5.74, 6) is 0.612. The maximum Gasteiger partial charge on any atom is 0.197 e. The van der Waals surface area contributed by atoms with Gasteiger partial charge in [0.15, 0.2) is 11.0 Å². The molecular weight excluding hydrogens is 449 g/mol. The molecule has 4 rings (SSSR count). The second-order valence-corrected chi connectivity index (χ2v) is 8.89. The van der Waals surface area contributed by atoms with Crippen molar-refractivity contribution in [3.05, 3.63) is 88.2 Å². The van der Waals surface area contributed by atoms with E-state index < -0.39 is 0 Å². The van der Waals surface area contributed by atoms with Crippen molar-refractivity contribution in [3.63, 3.8) is 0 Å². The minimum atomic E-state index is -0.338. The zero-order valence-electron chi connectivity index (χ0n) is 16.5. The van der Waals surface area contributed by atoms with Crippen LogP contribution < -0.4 is 0 Å². The Labute approximate surface area is 194 Å². The van der Waals surface area contributed by atoms with E-state index in [1.807, 2.05) is 54.0 Å². The van der Waals surface area contributed by atoms with Crippen LogP contribution in [0.25, 0.3) is 17.1 Å². The van der Waals surface area contributed by atoms with E-state index in [1.54, 1.807) is 24.5 Å². The van der Waals surface area contributed by atoms with Crippen molar-refractivity contribution in [3.8, 4) is 23.1 Å². The molecule has 2 heterocycles. The summed E-state index contributed by atoms with van der Waals surface area (Å²) in [6, 6.07) is 19.7. The third kappa shape index (κ3) is 4.91. The largest absolute Gasteiger partial charge is 0.270 e. The van der Waals surface area contributed by atoms with Gasteiger partial charge in [-0.2, -0.15) is 5.26 Å². The van der Waals surface area contributed by atoms with Gasteiger partial charge in [0.2, 0.25) is 0 Å². The first-order chi connectivity index (χ1) is 15.0. The van der Waals surface area contributed by atoms with Crippen LogP contribution in [0.15, 0.2) is 72.1 Å². The van der Waals surface area contributed by atoms with Crippen molar-refractivity contribution in [1.29, 1.82) is 5.26 Å². The fourth-order valence-corrected chi connectivity index (χ4v) is 4.32. The number of halogens is 2. The molecule has 8 heteroatoms. The second-order valence-electron chi connectivity index (χ2n) is 6.91. The lowest BCUT2D eigenvalue weighted by Gasteiger charge is -2.13. The Morgan fingerprint density at radius 3 is 2.55 bits per heavy atom. The predicted octanol–water partition coefficient (Wildman–Crippen LogP) is 6.17. The first-order valence-electron chi connectivity index (χ1n) is 9.48. The summed E-state index contributed by atoms with van der Waals surface area (Å²) in [6.07, 6.45) is 4.02. The van der Waals surface area contributed by atoms with E-state index in [1.165, 1.54) is 17.3 Å². The van der Waals surface area contributed by atoms with Gasteiger partial charge < -0.3 is 0 Å². The number of hydrogen-bond acceptors (Lipinski definition) is 5. The molecule has 0 bridgehead atoms. The summed E-state index contributed by atoms with van der Waals surface area (Å²) in [4.78, 5) is 4.19. The lowest BCUT2D eigenvalue weighted by molar-refractivity contribution is 0.877. The molecule has 0 radical (unpaired) electrons. The third-order valence-corrected chi connectivity index (χ3v) is 6.42. The summed E-state index contributed by atoms with van der Waals surface area (Å²) in [6.45, 7) is 2.04. The van der Waals surface area contributed by atoms with Gasteiger partial charge in [0.25, 0.3) is 0 Å². The average molecular weight is 466 g/mol. The van der Waals surface area contributed by atoms with Gasteiger partial charge in [0.05, 0.1) is 21.8 Å². The highest BCUT2D eigenvalue weighted by Crippen LogP contribution is 2.33. The monoisotopic (exact) mass is 465 g/mol. The molecule has 0 saturated heterocycles. The molecule has 154 valence electrons. The van der Waals surface area contributed by atoms with Crippen LogP contribution in [0.2, 0.25) is 10.0 Å². The van der Waals surface area contributed by atoms with Gasteiger partial charge in [-0.25, -0.2) is 0 Å². The van der Waals surface area contributed by atoms with Gasteiger partial charge in [0, 0.05) is 18.0 Å². The molecule has 2 aromatic carbocycles. The van der Waals surface area contributed by atoms with Crippen LogP contribution in [0.3, 0.4) is 0 Å². The van der Waals surface area contributed by atoms with Crippen LogP contribution in [0.4, 0.5) is 0 Å². The van der Waals surface area contributed by atoms with E-state index in [0.29, 0.717) is 27.4 Å². The maximum atomic E-state index is 9.79. The van der Waals surface area contributed by atoms with E-state index in [0.717, 1.165) is 16.8 Å². The first-order valence-corrected chi connectivity index (χ1v) is 11.1. The molecule has 4 aromatic rings. The predicted molar refractivity (Wildman–Crippen MR) is 125 cm³/mol. The van der Waals surface area contributed by atoms with E-state index in [4.69, 9.17) is 23.2 Å². The lowest BCUT2D eigenvalue weighted by atomic mass is 10.1. The molecule has 0 aliphatic heterocycles. The summed E-state index contributed by atoms with van der Waals surface area (Å²) in [7, 11) is 0. The number of nitriles is 1. The Hall–Kier alpha value is -2.85. The summed E-state index contributed by atoms with van der Waals surface area (Å²) in [5, 5.41) is 19.7. The lowest BCUT2D eigenvalue weighted by Crippen LogP contribution is -2.07. The van der Waals surface area contributed by atoms with Crippen molar-refractivity contribution in [2.75, 3.05) is 0 Å². The zero-order valence-corrected chi connectivity index (χ0v) is 18.9. The topological polar surface area (TPSA) is 67.4 Å². The van der Waals surface area contributed by atoms with Crippen LogP contribution in [0, 0.1) is 18.3 Å². The molecule has 0 aliphatic rings. The van der Waals surface area contributed by atoms with Crippen molar-refractivity contribution < 1.29 is 0 Å². The van der Waals surface area contributed by atoms with E-state index >= 15 is 0 Å². The standard InChI is InChI=1S/C23H17Cl2N5S/c1-15-4-6-16(7-5-15)11-19(13-26)31-23-29-28-22(17-3-2-10-27-14-17)30(23)18-8-9-20(24)21(25)12-18/h2-10,12,14,19H,11H2,1H3. The van der Waals surface area contributed by atoms with Gasteiger partial charge in [-0.15, -0.1) is 10.2 Å². The normalized spacial score (nSPS) is 11.8. The van der Waals surface area contributed by atoms with Gasteiger partial charge in [-0.05, 0) is 49.2 Å². The molecule has 0 saturated carbocycles. The molecule has 0 amide bonds. The number of pyridine rings is 1. The van der Waals surface area contributed by atoms with Crippen LogP contribution in [0.1, 0.15) is 11.1 Å². The minimum Gasteiger partial charge on any atom is -0.270 e. The Balaban J connectivity index is 1.73. The summed E-state index contributed by atoms with van der Waals surface area (Å²) >= 11 is 13.8. The number of nitrogens with zero attached hydrogens (tertiary/aromatic N) is 5. The number of hydrogen-bond donors (Lipinski definition) is 0. The molecule has 5 nitrogen and oxygen atoms in total. The Bertz CT molecular complexity index is 1230. The Morgan fingerprint density at radius 2 is 1.87 bits per heavy atom. The SMILES string of the molecule is Cc1ccc(CC(C#N)Sc2nnc(-c3cccnc3)n2-c2ccc(Cl)c(Cl)c2)cc1. The first kappa shape index (κ1) is 21.4. The fraction of sp³-hybridized carbons (Fsp3) is 0.130. The Morgan fingerprint density at radius 1 is 1.06 bits per heavy atom. The highest BCUT2D eigenvalue weighted by Gasteiger charge is 2.21. The van der Waals surface area contributed by atoms with E-state index in [2.05, 4.69) is 21.3 Å². The van der Waals surface area contributed by atoms with Crippen LogP contribution in [-0.2, 0) is 6.42 Å². The molecule has 0 aliphatic carbocycles. The van der Waals surface area contributed by atoms with Gasteiger partial charge >= 0.3 is 0 Å². The van der Waals surface area contributed by atoms with Crippen LogP contribution in [-0.4, -0.2) is 25.0 Å². The van der Waals surface area contributed by atoms with Crippen LogP contribution >= 0.6 is 35.0 Å². The highest BCUT2D eigenvalue weighted by atomic mass is 35.5. The number of aryl methyl sites for hydroxylation is 1. The zero-order chi connectivity index (χ0) is 21.8. The molecule has 2 aromatic heterocycles. The molecule has 1 unspecified atom stereocenters. The van der Waals surface area contributed by atoms with Gasteiger partial charge in [-0.1, -0.05) is 64.8 Å². The molecule has 0 fully saturated rings. The van der Waals surface area contributed by atoms with Crippen molar-refractivity contribution in [2.24, 2.45) is 0 Å². The smallest absolute Gasteiger partial charge is 0.197 e. The highest BCUT2D eigenvalue weighted by molar-refractivity contribution is 8.00. The molecule has 0 spiro atoms. The van der Waals surface area contributed by atoms with Crippen LogP contribution in [0.5, 0.6) is 0 Å². The number of aromatic nitrogens is 4. The van der Waals surface area contributed by atoms with E-state index in [-0.39, 0.29) is 5.25 Å². The quantitative estimate of drug-likeness (QED) is 0.318. The fourth-order valence-electron chi connectivity index (χ4n) is 3.06. The Kier molecular flexibility index (Phi) is 6.57. The molecule has 31 heavy (non-hydrogen) atoms. The van der Waals surface area contributed by atoms with Gasteiger partial charge in [-0.3, -0.25) is 9.55 Å². The average Bonchev–Trinajstić information content (AvgIpc) is 3.20. The van der Waals surface area contributed by atoms with Crippen molar-refractivity contribution >= 4 is 35.0 Å². The number of benzene rings is 2.